The van der Waals surface area contributed by atoms with Gasteiger partial charge in [0.25, 0.3) is 0 Å². The van der Waals surface area contributed by atoms with Gasteiger partial charge in [-0.05, 0) is 41.0 Å². The van der Waals surface area contributed by atoms with Crippen LogP contribution in [0, 0.1) is 5.82 Å². The molecule has 0 amide bonds. The average Bonchev–Trinajstić information content (AvgIpc) is 2.82. The van der Waals surface area contributed by atoms with Crippen LogP contribution in [0.4, 0.5) is 4.39 Å². The van der Waals surface area contributed by atoms with E-state index < -0.39 is 17.8 Å². The Labute approximate surface area is 184 Å². The first kappa shape index (κ1) is 22.2. The summed E-state index contributed by atoms with van der Waals surface area (Å²) in [5.74, 6) is -0.922. The predicted molar refractivity (Wildman–Crippen MR) is 119 cm³/mol. The van der Waals surface area contributed by atoms with Crippen LogP contribution in [0.2, 0.25) is 0 Å². The molecule has 0 aromatic heterocycles. The minimum atomic E-state index is -0.623. The van der Waals surface area contributed by atoms with E-state index in [0.717, 1.165) is 35.8 Å². The molecule has 160 valence electrons. The van der Waals surface area contributed by atoms with Crippen molar-refractivity contribution >= 4 is 11.9 Å². The van der Waals surface area contributed by atoms with Crippen molar-refractivity contribution in [3.8, 4) is 33.8 Å². The molecule has 0 bridgehead atoms. The normalized spacial score (nSPS) is 10.4. The van der Waals surface area contributed by atoms with Gasteiger partial charge < -0.3 is 14.2 Å². The molecule has 0 aliphatic rings. The quantitative estimate of drug-likeness (QED) is 0.195. The average molecular weight is 430 g/mol. The summed E-state index contributed by atoms with van der Waals surface area (Å²) in [7, 11) is 0. The van der Waals surface area contributed by atoms with Gasteiger partial charge in [0.05, 0.1) is 0 Å². The van der Waals surface area contributed by atoms with Crippen LogP contribution in [0.1, 0.15) is 0 Å². The second-order valence-corrected chi connectivity index (χ2v) is 6.40. The molecule has 3 rings (SSSR count). The van der Waals surface area contributed by atoms with Gasteiger partial charge in [-0.25, -0.2) is 14.0 Å². The van der Waals surface area contributed by atoms with E-state index in [2.05, 4.69) is 17.9 Å². The minimum Gasteiger partial charge on any atom is -0.462 e. The molecule has 3 aromatic rings. The lowest BCUT2D eigenvalue weighted by molar-refractivity contribution is -0.132. The van der Waals surface area contributed by atoms with E-state index >= 15 is 0 Å². The molecule has 0 saturated carbocycles. The number of carbonyl (C=O) groups excluding carboxylic acids is 2. The maximum Gasteiger partial charge on any atom is 0.335 e. The molecule has 0 aliphatic heterocycles. The van der Waals surface area contributed by atoms with Crippen molar-refractivity contribution < 1.29 is 28.2 Å². The summed E-state index contributed by atoms with van der Waals surface area (Å²) in [5.41, 5.74) is 2.96. The van der Waals surface area contributed by atoms with E-state index in [1.807, 2.05) is 36.4 Å². The highest BCUT2D eigenvalue weighted by atomic mass is 19.1. The lowest BCUT2D eigenvalue weighted by Crippen LogP contribution is -2.02. The number of esters is 2. The van der Waals surface area contributed by atoms with Crippen molar-refractivity contribution in [2.45, 2.75) is 0 Å². The number of carbonyl (C=O) groups is 2. The van der Waals surface area contributed by atoms with Gasteiger partial charge in [-0.1, -0.05) is 49.6 Å². The van der Waals surface area contributed by atoms with E-state index in [0.29, 0.717) is 16.9 Å². The Kier molecular flexibility index (Phi) is 7.33. The number of hydrogen-bond acceptors (Lipinski definition) is 5. The topological polar surface area (TPSA) is 61.8 Å². The molecule has 0 N–H and O–H groups in total. The van der Waals surface area contributed by atoms with Crippen LogP contribution in [0.5, 0.6) is 11.5 Å². The second kappa shape index (κ2) is 10.5. The molecule has 0 aliphatic carbocycles. The lowest BCUT2D eigenvalue weighted by Gasteiger charge is -2.08. The number of halogens is 1. The fraction of sp³-hybridized carbons (Fsp3) is 0. The second-order valence-electron chi connectivity index (χ2n) is 6.40. The zero-order valence-corrected chi connectivity index (χ0v) is 17.0. The highest BCUT2D eigenvalue weighted by Crippen LogP contribution is 2.29. The summed E-state index contributed by atoms with van der Waals surface area (Å²) < 4.78 is 29.5. The van der Waals surface area contributed by atoms with Crippen LogP contribution in [0.15, 0.2) is 105 Å². The van der Waals surface area contributed by atoms with Crippen LogP contribution in [0.3, 0.4) is 0 Å². The molecular formula is C26H19FO5. The monoisotopic (exact) mass is 430 g/mol. The van der Waals surface area contributed by atoms with Gasteiger partial charge in [0, 0.05) is 23.8 Å². The van der Waals surface area contributed by atoms with Gasteiger partial charge in [-0.15, -0.1) is 0 Å². The fourth-order valence-corrected chi connectivity index (χ4v) is 2.77. The number of hydrogen-bond donors (Lipinski definition) is 0. The first-order valence-electron chi connectivity index (χ1n) is 9.49. The Morgan fingerprint density at radius 1 is 0.719 bits per heavy atom. The van der Waals surface area contributed by atoms with Crippen molar-refractivity contribution in [2.24, 2.45) is 0 Å². The number of ether oxygens (including phenoxy) is 3. The van der Waals surface area contributed by atoms with Crippen molar-refractivity contribution in [1.82, 2.24) is 0 Å². The molecular weight excluding hydrogens is 411 g/mol. The molecule has 6 heteroatoms. The zero-order chi connectivity index (χ0) is 22.9. The molecule has 0 fully saturated rings. The van der Waals surface area contributed by atoms with Gasteiger partial charge in [-0.2, -0.15) is 0 Å². The summed E-state index contributed by atoms with van der Waals surface area (Å²) in [6, 6.07) is 18.9. The molecule has 0 unspecified atom stereocenters. The highest BCUT2D eigenvalue weighted by Gasteiger charge is 2.08. The largest absolute Gasteiger partial charge is 0.462 e. The third-order valence-corrected chi connectivity index (χ3v) is 4.32. The van der Waals surface area contributed by atoms with Gasteiger partial charge in [-0.3, -0.25) is 0 Å². The maximum atomic E-state index is 14.6. The van der Waals surface area contributed by atoms with Gasteiger partial charge in [0.15, 0.2) is 0 Å². The van der Waals surface area contributed by atoms with Crippen LogP contribution in [-0.4, -0.2) is 11.9 Å². The van der Waals surface area contributed by atoms with Crippen LogP contribution < -0.4 is 9.47 Å². The summed E-state index contributed by atoms with van der Waals surface area (Å²) in [6.07, 6.45) is 4.29. The third kappa shape index (κ3) is 5.79. The maximum absolute atomic E-state index is 14.6. The van der Waals surface area contributed by atoms with E-state index in [-0.39, 0.29) is 5.75 Å². The van der Waals surface area contributed by atoms with Crippen molar-refractivity contribution in [3.05, 3.63) is 110 Å². The first-order chi connectivity index (χ1) is 15.5. The first-order valence-corrected chi connectivity index (χ1v) is 9.49. The molecule has 0 heterocycles. The van der Waals surface area contributed by atoms with Gasteiger partial charge in [0.1, 0.15) is 29.8 Å². The van der Waals surface area contributed by atoms with E-state index in [4.69, 9.17) is 9.47 Å². The summed E-state index contributed by atoms with van der Waals surface area (Å²) >= 11 is 0. The van der Waals surface area contributed by atoms with E-state index in [1.54, 1.807) is 24.3 Å². The molecule has 0 radical (unpaired) electrons. The Bertz CT molecular complexity index is 1160. The smallest absolute Gasteiger partial charge is 0.335 e. The molecule has 5 nitrogen and oxygen atoms in total. The van der Waals surface area contributed by atoms with Crippen molar-refractivity contribution in [2.75, 3.05) is 0 Å². The molecule has 3 aromatic carbocycles. The van der Waals surface area contributed by atoms with Crippen LogP contribution >= 0.6 is 0 Å². The highest BCUT2D eigenvalue weighted by molar-refractivity contribution is 5.83. The Morgan fingerprint density at radius 2 is 1.28 bits per heavy atom. The Hall–Kier alpha value is -4.45. The molecule has 0 spiro atoms. The molecule has 0 saturated heterocycles. The molecule has 0 atom stereocenters. The van der Waals surface area contributed by atoms with Crippen LogP contribution in [-0.2, 0) is 14.3 Å². The van der Waals surface area contributed by atoms with Crippen molar-refractivity contribution in [1.29, 1.82) is 0 Å². The number of benzene rings is 3. The Morgan fingerprint density at radius 3 is 1.88 bits per heavy atom. The van der Waals surface area contributed by atoms with Gasteiger partial charge >= 0.3 is 11.9 Å². The minimum absolute atomic E-state index is 0.256. The predicted octanol–water partition coefficient (Wildman–Crippen LogP) is 5.83. The summed E-state index contributed by atoms with van der Waals surface area (Å²) in [4.78, 5) is 22.2. The van der Waals surface area contributed by atoms with E-state index in [9.17, 15) is 14.0 Å². The van der Waals surface area contributed by atoms with Crippen molar-refractivity contribution in [3.63, 3.8) is 0 Å². The third-order valence-electron chi connectivity index (χ3n) is 4.32. The molecule has 32 heavy (non-hydrogen) atoms. The summed E-state index contributed by atoms with van der Waals surface area (Å²) in [6.45, 7) is 6.63. The SMILES string of the molecule is C=CC(=O)OC=COc1ccc(-c2ccc(-c3ccc(OC(=O)C=C)cc3)cc2)c(F)c1. The standard InChI is InChI=1S/C26H19FO5/c1-3-25(28)31-16-15-30-22-13-14-23(24(27)17-22)20-7-5-18(6-8-20)19-9-11-21(12-10-19)32-26(29)4-2/h3-17H,1-2H2. The Balaban J connectivity index is 1.69. The number of rotatable bonds is 8. The van der Waals surface area contributed by atoms with Crippen LogP contribution in [0.25, 0.3) is 22.3 Å². The lowest BCUT2D eigenvalue weighted by atomic mass is 10.00. The van der Waals surface area contributed by atoms with E-state index in [1.165, 1.54) is 6.07 Å². The van der Waals surface area contributed by atoms with Gasteiger partial charge in [0.2, 0.25) is 0 Å². The fourth-order valence-electron chi connectivity index (χ4n) is 2.77. The summed E-state index contributed by atoms with van der Waals surface area (Å²) in [5, 5.41) is 0. The zero-order valence-electron chi connectivity index (χ0n) is 17.0.